The van der Waals surface area contributed by atoms with Gasteiger partial charge in [0.1, 0.15) is 11.6 Å². The van der Waals surface area contributed by atoms with Gasteiger partial charge in [0.05, 0.1) is 0 Å². The first-order valence-corrected chi connectivity index (χ1v) is 5.55. The number of para-hydroxylation sites is 2. The molecule has 0 spiro atoms. The van der Waals surface area contributed by atoms with Crippen LogP contribution in [0.15, 0.2) is 28.7 Å². The number of fused-ring (bicyclic) bond motifs is 1. The summed E-state index contributed by atoms with van der Waals surface area (Å²) in [6.07, 6.45) is 1.40. The molecule has 0 radical (unpaired) electrons. The van der Waals surface area contributed by atoms with Gasteiger partial charge in [0.2, 0.25) is 5.89 Å². The van der Waals surface area contributed by atoms with Crippen LogP contribution >= 0.6 is 0 Å². The van der Waals surface area contributed by atoms with E-state index in [2.05, 4.69) is 4.98 Å². The van der Waals surface area contributed by atoms with Crippen LogP contribution in [0.25, 0.3) is 11.1 Å². The standard InChI is InChI=1S/C12H14N2O2/c13-10(7-5-6-7)11(15)12-14-8-3-1-2-4-9(8)16-12/h1-4,7,10-11,15H,5-6,13H2/t10-,11?/m0/s1. The van der Waals surface area contributed by atoms with Crippen molar-refractivity contribution in [2.24, 2.45) is 11.7 Å². The van der Waals surface area contributed by atoms with Gasteiger partial charge in [0.15, 0.2) is 5.58 Å². The molecule has 1 unspecified atom stereocenters. The summed E-state index contributed by atoms with van der Waals surface area (Å²) in [7, 11) is 0. The second kappa shape index (κ2) is 3.57. The predicted octanol–water partition coefficient (Wildman–Crippen LogP) is 1.60. The molecule has 0 bridgehead atoms. The Balaban J connectivity index is 1.92. The van der Waals surface area contributed by atoms with E-state index >= 15 is 0 Å². The molecule has 0 aliphatic heterocycles. The van der Waals surface area contributed by atoms with Crippen LogP contribution in [-0.2, 0) is 0 Å². The molecule has 4 heteroatoms. The quantitative estimate of drug-likeness (QED) is 0.820. The molecule has 1 saturated carbocycles. The Morgan fingerprint density at radius 3 is 2.81 bits per heavy atom. The molecule has 1 aromatic heterocycles. The highest BCUT2D eigenvalue weighted by molar-refractivity contribution is 5.72. The van der Waals surface area contributed by atoms with E-state index in [1.165, 1.54) is 0 Å². The minimum Gasteiger partial charge on any atom is -0.438 e. The molecule has 3 rings (SSSR count). The molecule has 0 amide bonds. The topological polar surface area (TPSA) is 72.3 Å². The number of aromatic nitrogens is 1. The number of hydrogen-bond donors (Lipinski definition) is 2. The van der Waals surface area contributed by atoms with E-state index in [4.69, 9.17) is 10.2 Å². The van der Waals surface area contributed by atoms with E-state index in [-0.39, 0.29) is 6.04 Å². The highest BCUT2D eigenvalue weighted by Gasteiger charge is 2.35. The van der Waals surface area contributed by atoms with Gasteiger partial charge in [-0.3, -0.25) is 0 Å². The first-order valence-electron chi connectivity index (χ1n) is 5.55. The molecule has 16 heavy (non-hydrogen) atoms. The maximum atomic E-state index is 10.0. The molecule has 0 saturated heterocycles. The molecule has 1 aliphatic rings. The van der Waals surface area contributed by atoms with Crippen molar-refractivity contribution in [1.29, 1.82) is 0 Å². The van der Waals surface area contributed by atoms with E-state index < -0.39 is 6.10 Å². The third-order valence-electron chi connectivity index (χ3n) is 3.09. The smallest absolute Gasteiger partial charge is 0.225 e. The van der Waals surface area contributed by atoms with E-state index in [9.17, 15) is 5.11 Å². The maximum absolute atomic E-state index is 10.0. The highest BCUT2D eigenvalue weighted by Crippen LogP contribution is 2.37. The molecule has 1 aliphatic carbocycles. The lowest BCUT2D eigenvalue weighted by molar-refractivity contribution is 0.109. The van der Waals surface area contributed by atoms with Crippen LogP contribution in [0.2, 0.25) is 0 Å². The SMILES string of the molecule is N[C@@H](C1CC1)C(O)c1nc2ccccc2o1. The van der Waals surface area contributed by atoms with Crippen molar-refractivity contribution in [2.75, 3.05) is 0 Å². The van der Waals surface area contributed by atoms with E-state index in [0.29, 0.717) is 17.4 Å². The van der Waals surface area contributed by atoms with Crippen molar-refractivity contribution in [3.8, 4) is 0 Å². The average Bonchev–Trinajstić information content (AvgIpc) is 3.06. The Morgan fingerprint density at radius 2 is 2.12 bits per heavy atom. The maximum Gasteiger partial charge on any atom is 0.225 e. The summed E-state index contributed by atoms with van der Waals surface area (Å²) in [5.74, 6) is 0.755. The zero-order chi connectivity index (χ0) is 11.1. The first kappa shape index (κ1) is 9.81. The summed E-state index contributed by atoms with van der Waals surface area (Å²) >= 11 is 0. The van der Waals surface area contributed by atoms with Gasteiger partial charge < -0.3 is 15.3 Å². The van der Waals surface area contributed by atoms with Crippen molar-refractivity contribution in [3.63, 3.8) is 0 Å². The lowest BCUT2D eigenvalue weighted by atomic mass is 10.1. The monoisotopic (exact) mass is 218 g/mol. The molecule has 4 nitrogen and oxygen atoms in total. The van der Waals surface area contributed by atoms with E-state index in [0.717, 1.165) is 18.4 Å². The van der Waals surface area contributed by atoms with Gasteiger partial charge in [0, 0.05) is 6.04 Å². The van der Waals surface area contributed by atoms with Crippen molar-refractivity contribution in [3.05, 3.63) is 30.2 Å². The number of hydrogen-bond acceptors (Lipinski definition) is 4. The Labute approximate surface area is 93.1 Å². The van der Waals surface area contributed by atoms with Crippen LogP contribution in [0.3, 0.4) is 0 Å². The molecular formula is C12H14N2O2. The van der Waals surface area contributed by atoms with Crippen molar-refractivity contribution < 1.29 is 9.52 Å². The number of aliphatic hydroxyl groups is 1. The Bertz CT molecular complexity index is 471. The molecule has 1 fully saturated rings. The fourth-order valence-corrected chi connectivity index (χ4v) is 1.92. The van der Waals surface area contributed by atoms with Crippen LogP contribution < -0.4 is 5.73 Å². The Kier molecular flexibility index (Phi) is 2.19. The van der Waals surface area contributed by atoms with Gasteiger partial charge in [-0.2, -0.15) is 0 Å². The van der Waals surface area contributed by atoms with Crippen LogP contribution in [0, 0.1) is 5.92 Å². The van der Waals surface area contributed by atoms with Crippen molar-refractivity contribution >= 4 is 11.1 Å². The van der Waals surface area contributed by atoms with Gasteiger partial charge in [-0.25, -0.2) is 4.98 Å². The third kappa shape index (κ3) is 1.60. The molecule has 1 heterocycles. The lowest BCUT2D eigenvalue weighted by Gasteiger charge is -2.14. The molecule has 1 aromatic carbocycles. The number of oxazole rings is 1. The van der Waals surface area contributed by atoms with Crippen LogP contribution in [0.4, 0.5) is 0 Å². The number of nitrogens with zero attached hydrogens (tertiary/aromatic N) is 1. The molecule has 2 atom stereocenters. The molecular weight excluding hydrogens is 204 g/mol. The van der Waals surface area contributed by atoms with Gasteiger partial charge in [-0.15, -0.1) is 0 Å². The van der Waals surface area contributed by atoms with Crippen molar-refractivity contribution in [1.82, 2.24) is 4.98 Å². The van der Waals surface area contributed by atoms with Crippen LogP contribution in [0.5, 0.6) is 0 Å². The fraction of sp³-hybridized carbons (Fsp3) is 0.417. The van der Waals surface area contributed by atoms with Crippen LogP contribution in [0.1, 0.15) is 24.8 Å². The van der Waals surface area contributed by atoms with Gasteiger partial charge in [0.25, 0.3) is 0 Å². The summed E-state index contributed by atoms with van der Waals surface area (Å²) in [4.78, 5) is 4.25. The first-order chi connectivity index (χ1) is 7.75. The Morgan fingerprint density at radius 1 is 1.38 bits per heavy atom. The summed E-state index contributed by atoms with van der Waals surface area (Å²) in [5, 5.41) is 10.0. The largest absolute Gasteiger partial charge is 0.438 e. The summed E-state index contributed by atoms with van der Waals surface area (Å²) in [6.45, 7) is 0. The third-order valence-corrected chi connectivity index (χ3v) is 3.09. The second-order valence-electron chi connectivity index (χ2n) is 4.38. The minimum absolute atomic E-state index is 0.256. The normalized spacial score (nSPS) is 19.9. The molecule has 3 N–H and O–H groups in total. The lowest BCUT2D eigenvalue weighted by Crippen LogP contribution is -2.30. The summed E-state index contributed by atoms with van der Waals surface area (Å²) < 4.78 is 5.49. The fourth-order valence-electron chi connectivity index (χ4n) is 1.92. The van der Waals surface area contributed by atoms with Gasteiger partial charge >= 0.3 is 0 Å². The van der Waals surface area contributed by atoms with E-state index in [1.54, 1.807) is 0 Å². The van der Waals surface area contributed by atoms with E-state index in [1.807, 2.05) is 24.3 Å². The highest BCUT2D eigenvalue weighted by atomic mass is 16.4. The summed E-state index contributed by atoms with van der Waals surface area (Å²) in [6, 6.07) is 7.21. The molecule has 84 valence electrons. The van der Waals surface area contributed by atoms with Gasteiger partial charge in [-0.1, -0.05) is 12.1 Å². The number of aliphatic hydroxyl groups excluding tert-OH is 1. The second-order valence-corrected chi connectivity index (χ2v) is 4.38. The van der Waals surface area contributed by atoms with Gasteiger partial charge in [-0.05, 0) is 30.9 Å². The zero-order valence-corrected chi connectivity index (χ0v) is 8.84. The minimum atomic E-state index is -0.792. The number of nitrogens with two attached hydrogens (primary N) is 1. The summed E-state index contributed by atoms with van der Waals surface area (Å²) in [5.41, 5.74) is 7.38. The average molecular weight is 218 g/mol. The number of benzene rings is 1. The Hall–Kier alpha value is -1.39. The number of rotatable bonds is 3. The predicted molar refractivity (Wildman–Crippen MR) is 59.7 cm³/mol. The van der Waals surface area contributed by atoms with Crippen LogP contribution in [-0.4, -0.2) is 16.1 Å². The zero-order valence-electron chi connectivity index (χ0n) is 8.84. The molecule has 2 aromatic rings. The van der Waals surface area contributed by atoms with Crippen molar-refractivity contribution in [2.45, 2.75) is 25.0 Å².